The second-order valence-corrected chi connectivity index (χ2v) is 7.37. The molecule has 0 spiro atoms. The maximum atomic E-state index is 12.4. The van der Waals surface area contributed by atoms with E-state index < -0.39 is 0 Å². The van der Waals surface area contributed by atoms with Crippen LogP contribution in [-0.4, -0.2) is 33.5 Å². The van der Waals surface area contributed by atoms with Gasteiger partial charge in [0.25, 0.3) is 0 Å². The van der Waals surface area contributed by atoms with Crippen molar-refractivity contribution in [3.8, 4) is 5.75 Å². The molecule has 0 atom stereocenters. The van der Waals surface area contributed by atoms with Gasteiger partial charge in [-0.2, -0.15) is 0 Å². The Morgan fingerprint density at radius 1 is 1.21 bits per heavy atom. The van der Waals surface area contributed by atoms with Gasteiger partial charge in [0, 0.05) is 18.0 Å². The molecule has 1 N–H and O–H groups in total. The van der Waals surface area contributed by atoms with Crippen molar-refractivity contribution in [3.05, 3.63) is 64.9 Å². The molecular weight excluding hydrogens is 396 g/mol. The Balaban J connectivity index is 1.64. The van der Waals surface area contributed by atoms with E-state index in [1.165, 1.54) is 17.3 Å². The van der Waals surface area contributed by atoms with E-state index in [1.54, 1.807) is 25.3 Å². The zero-order valence-electron chi connectivity index (χ0n) is 15.7. The molecule has 1 heterocycles. The monoisotopic (exact) mass is 416 g/mol. The fourth-order valence-corrected chi connectivity index (χ4v) is 3.74. The average Bonchev–Trinajstić information content (AvgIpc) is 3.09. The van der Waals surface area contributed by atoms with Crippen LogP contribution in [0.2, 0.25) is 5.02 Å². The highest BCUT2D eigenvalue weighted by Gasteiger charge is 2.14. The third-order valence-electron chi connectivity index (χ3n) is 4.08. The van der Waals surface area contributed by atoms with Crippen molar-refractivity contribution in [2.75, 3.05) is 18.2 Å². The summed E-state index contributed by atoms with van der Waals surface area (Å²) in [6.07, 6.45) is 0.703. The number of ether oxygens (including phenoxy) is 1. The number of halogens is 1. The summed E-state index contributed by atoms with van der Waals surface area (Å²) in [6.45, 7) is 2.78. The number of amides is 1. The molecule has 0 saturated carbocycles. The van der Waals surface area contributed by atoms with Crippen LogP contribution in [0.3, 0.4) is 0 Å². The van der Waals surface area contributed by atoms with E-state index in [1.807, 2.05) is 29.7 Å². The van der Waals surface area contributed by atoms with Crippen molar-refractivity contribution in [1.29, 1.82) is 0 Å². The zero-order chi connectivity index (χ0) is 19.9. The number of anilines is 1. The van der Waals surface area contributed by atoms with Gasteiger partial charge in [-0.05, 0) is 30.7 Å². The first-order valence-corrected chi connectivity index (χ1v) is 10.2. The fraction of sp³-hybridized carbons (Fsp3) is 0.250. The van der Waals surface area contributed by atoms with Crippen LogP contribution in [0.4, 0.5) is 5.69 Å². The smallest absolute Gasteiger partial charge is 0.234 e. The lowest BCUT2D eigenvalue weighted by Gasteiger charge is -2.11. The summed E-state index contributed by atoms with van der Waals surface area (Å²) in [4.78, 5) is 12.4. The Kier molecular flexibility index (Phi) is 6.95. The normalized spacial score (nSPS) is 10.7. The van der Waals surface area contributed by atoms with Crippen LogP contribution in [0.15, 0.2) is 53.7 Å². The molecule has 0 aliphatic carbocycles. The number of hydrogen-bond acceptors (Lipinski definition) is 5. The van der Waals surface area contributed by atoms with E-state index >= 15 is 0 Å². The third-order valence-corrected chi connectivity index (χ3v) is 5.28. The molecular formula is C20H21ClN4O2S. The zero-order valence-corrected chi connectivity index (χ0v) is 17.3. The van der Waals surface area contributed by atoms with Crippen LogP contribution >= 0.6 is 23.4 Å². The van der Waals surface area contributed by atoms with Crippen LogP contribution in [0.1, 0.15) is 18.3 Å². The highest BCUT2D eigenvalue weighted by Crippen LogP contribution is 2.28. The molecule has 28 heavy (non-hydrogen) atoms. The summed E-state index contributed by atoms with van der Waals surface area (Å²) in [6, 6.07) is 15.2. The maximum absolute atomic E-state index is 12.4. The van der Waals surface area contributed by atoms with Crippen molar-refractivity contribution in [2.24, 2.45) is 0 Å². The largest absolute Gasteiger partial charge is 0.495 e. The summed E-state index contributed by atoms with van der Waals surface area (Å²) in [5.41, 5.74) is 1.72. The van der Waals surface area contributed by atoms with Crippen molar-refractivity contribution >= 4 is 35.0 Å². The highest BCUT2D eigenvalue weighted by atomic mass is 35.5. The molecule has 0 radical (unpaired) electrons. The molecule has 0 aliphatic heterocycles. The van der Waals surface area contributed by atoms with Crippen LogP contribution in [0.25, 0.3) is 0 Å². The van der Waals surface area contributed by atoms with Gasteiger partial charge in [-0.1, -0.05) is 53.7 Å². The van der Waals surface area contributed by atoms with E-state index in [-0.39, 0.29) is 11.7 Å². The van der Waals surface area contributed by atoms with E-state index in [9.17, 15) is 4.79 Å². The van der Waals surface area contributed by atoms with Crippen molar-refractivity contribution in [1.82, 2.24) is 14.8 Å². The van der Waals surface area contributed by atoms with Crippen molar-refractivity contribution in [3.63, 3.8) is 0 Å². The lowest BCUT2D eigenvalue weighted by molar-refractivity contribution is -0.113. The topological polar surface area (TPSA) is 69.0 Å². The summed E-state index contributed by atoms with van der Waals surface area (Å²) >= 11 is 7.36. The summed E-state index contributed by atoms with van der Waals surface area (Å²) < 4.78 is 7.29. The minimum Gasteiger partial charge on any atom is -0.495 e. The molecule has 3 rings (SSSR count). The van der Waals surface area contributed by atoms with Crippen molar-refractivity contribution < 1.29 is 9.53 Å². The predicted octanol–water partition coefficient (Wildman–Crippen LogP) is 4.28. The summed E-state index contributed by atoms with van der Waals surface area (Å²) in [5, 5.41) is 12.6. The third kappa shape index (κ3) is 5.05. The first-order chi connectivity index (χ1) is 13.6. The SMILES string of the molecule is CCn1c(Cc2ccccc2)nnc1SCC(=O)Nc1cc(Cl)ccc1OC. The highest BCUT2D eigenvalue weighted by molar-refractivity contribution is 7.99. The molecule has 146 valence electrons. The number of carbonyl (C=O) groups excluding carboxylic acids is 1. The minimum absolute atomic E-state index is 0.166. The van der Waals surface area contributed by atoms with Crippen LogP contribution in [0, 0.1) is 0 Å². The number of nitrogens with zero attached hydrogens (tertiary/aromatic N) is 3. The fourth-order valence-electron chi connectivity index (χ4n) is 2.75. The lowest BCUT2D eigenvalue weighted by atomic mass is 10.1. The Bertz CT molecular complexity index is 947. The minimum atomic E-state index is -0.166. The lowest BCUT2D eigenvalue weighted by Crippen LogP contribution is -2.15. The molecule has 0 unspecified atom stereocenters. The number of thioether (sulfide) groups is 1. The van der Waals surface area contributed by atoms with E-state index in [0.29, 0.717) is 22.9 Å². The average molecular weight is 417 g/mol. The van der Waals surface area contributed by atoms with Gasteiger partial charge >= 0.3 is 0 Å². The molecule has 1 amide bonds. The second kappa shape index (κ2) is 9.61. The first-order valence-electron chi connectivity index (χ1n) is 8.83. The Hall–Kier alpha value is -2.51. The summed E-state index contributed by atoms with van der Waals surface area (Å²) in [7, 11) is 1.55. The Labute approximate surface area is 173 Å². The van der Waals surface area contributed by atoms with Gasteiger partial charge in [0.1, 0.15) is 11.6 Å². The van der Waals surface area contributed by atoms with Gasteiger partial charge in [0.05, 0.1) is 18.6 Å². The standard InChI is InChI=1S/C20H21ClN4O2S/c1-3-25-18(11-14-7-5-4-6-8-14)23-24-20(25)28-13-19(26)22-16-12-15(21)9-10-17(16)27-2/h4-10,12H,3,11,13H2,1-2H3,(H,22,26). The van der Waals surface area contributed by atoms with Gasteiger partial charge in [0.15, 0.2) is 5.16 Å². The van der Waals surface area contributed by atoms with E-state index in [0.717, 1.165) is 17.5 Å². The number of hydrogen-bond donors (Lipinski definition) is 1. The molecule has 6 nitrogen and oxygen atoms in total. The van der Waals surface area contributed by atoms with Gasteiger partial charge in [0.2, 0.25) is 5.91 Å². The number of carbonyl (C=O) groups is 1. The summed E-state index contributed by atoms with van der Waals surface area (Å²) in [5.74, 6) is 1.48. The molecule has 3 aromatic rings. The molecule has 0 aliphatic rings. The molecule has 8 heteroatoms. The number of benzene rings is 2. The Morgan fingerprint density at radius 2 is 2.00 bits per heavy atom. The van der Waals surface area contributed by atoms with Crippen LogP contribution in [-0.2, 0) is 17.8 Å². The first kappa shape index (κ1) is 20.2. The van der Waals surface area contributed by atoms with Crippen molar-refractivity contribution in [2.45, 2.75) is 25.0 Å². The quantitative estimate of drug-likeness (QED) is 0.555. The van der Waals surface area contributed by atoms with E-state index in [2.05, 4.69) is 27.6 Å². The number of aromatic nitrogens is 3. The van der Waals surface area contributed by atoms with Crippen LogP contribution in [0.5, 0.6) is 5.75 Å². The van der Waals surface area contributed by atoms with Crippen LogP contribution < -0.4 is 10.1 Å². The number of rotatable bonds is 8. The van der Waals surface area contributed by atoms with Gasteiger partial charge in [-0.3, -0.25) is 4.79 Å². The second-order valence-electron chi connectivity index (χ2n) is 5.99. The molecule has 0 saturated heterocycles. The van der Waals surface area contributed by atoms with E-state index in [4.69, 9.17) is 16.3 Å². The maximum Gasteiger partial charge on any atom is 0.234 e. The molecule has 1 aromatic heterocycles. The molecule has 0 bridgehead atoms. The molecule has 0 fully saturated rings. The predicted molar refractivity (Wildman–Crippen MR) is 112 cm³/mol. The number of nitrogens with one attached hydrogen (secondary N) is 1. The molecule has 2 aromatic carbocycles. The number of methoxy groups -OCH3 is 1. The van der Waals surface area contributed by atoms with Gasteiger partial charge < -0.3 is 14.6 Å². The van der Waals surface area contributed by atoms with Gasteiger partial charge in [-0.25, -0.2) is 0 Å². The van der Waals surface area contributed by atoms with Gasteiger partial charge in [-0.15, -0.1) is 10.2 Å². The Morgan fingerprint density at radius 3 is 2.71 bits per heavy atom.